The predicted molar refractivity (Wildman–Crippen MR) is 69.3 cm³/mol. The lowest BCUT2D eigenvalue weighted by Gasteiger charge is -2.07. The van der Waals surface area contributed by atoms with E-state index >= 15 is 0 Å². The lowest BCUT2D eigenvalue weighted by Crippen LogP contribution is -2.21. The molecule has 18 heavy (non-hydrogen) atoms. The van der Waals surface area contributed by atoms with E-state index in [0.29, 0.717) is 18.6 Å². The van der Waals surface area contributed by atoms with E-state index < -0.39 is 0 Å². The van der Waals surface area contributed by atoms with Crippen molar-refractivity contribution in [2.24, 2.45) is 5.92 Å². The summed E-state index contributed by atoms with van der Waals surface area (Å²) in [5, 5.41) is 3.32. The fourth-order valence-corrected chi connectivity index (χ4v) is 1.94. The number of nitrogens with one attached hydrogen (secondary N) is 1. The van der Waals surface area contributed by atoms with E-state index in [-0.39, 0.29) is 0 Å². The fraction of sp³-hybridized carbons (Fsp3) is 0.714. The second-order valence-corrected chi connectivity index (χ2v) is 5.15. The molecule has 1 saturated heterocycles. The van der Waals surface area contributed by atoms with Crippen molar-refractivity contribution in [3.05, 3.63) is 23.7 Å². The Morgan fingerprint density at radius 3 is 2.94 bits per heavy atom. The summed E-state index contributed by atoms with van der Waals surface area (Å²) in [5.41, 5.74) is 0. The molecule has 0 amide bonds. The van der Waals surface area contributed by atoms with E-state index in [1.807, 2.05) is 12.1 Å². The van der Waals surface area contributed by atoms with Gasteiger partial charge in [-0.25, -0.2) is 0 Å². The van der Waals surface area contributed by atoms with Crippen LogP contribution in [0, 0.1) is 5.92 Å². The lowest BCUT2D eigenvalue weighted by atomic mass is 10.1. The Morgan fingerprint density at radius 1 is 1.39 bits per heavy atom. The summed E-state index contributed by atoms with van der Waals surface area (Å²) < 4.78 is 16.6. The van der Waals surface area contributed by atoms with Crippen LogP contribution in [0.15, 0.2) is 16.5 Å². The number of furan rings is 1. The largest absolute Gasteiger partial charge is 0.462 e. The summed E-state index contributed by atoms with van der Waals surface area (Å²) in [7, 11) is 0. The van der Waals surface area contributed by atoms with E-state index in [2.05, 4.69) is 19.2 Å². The third-order valence-corrected chi connectivity index (χ3v) is 3.02. The lowest BCUT2D eigenvalue weighted by molar-refractivity contribution is 0.0685. The molecule has 2 rings (SSSR count). The SMILES string of the molecule is CC(C)NCc1ccc(COCC2CCOC2)o1. The zero-order valence-electron chi connectivity index (χ0n) is 11.3. The standard InChI is InChI=1S/C14H23NO3/c1-11(2)15-7-13-3-4-14(18-13)10-17-9-12-5-6-16-8-12/h3-4,11-12,15H,5-10H2,1-2H3. The molecular formula is C14H23NO3. The van der Waals surface area contributed by atoms with Crippen LogP contribution < -0.4 is 5.32 Å². The van der Waals surface area contributed by atoms with Crippen LogP contribution in [-0.2, 0) is 22.6 Å². The van der Waals surface area contributed by atoms with Crippen molar-refractivity contribution in [2.75, 3.05) is 19.8 Å². The molecule has 4 nitrogen and oxygen atoms in total. The monoisotopic (exact) mass is 253 g/mol. The molecule has 2 heterocycles. The van der Waals surface area contributed by atoms with Gasteiger partial charge in [-0.15, -0.1) is 0 Å². The summed E-state index contributed by atoms with van der Waals surface area (Å²) >= 11 is 0. The summed E-state index contributed by atoms with van der Waals surface area (Å²) in [4.78, 5) is 0. The Bertz CT molecular complexity index is 343. The van der Waals surface area contributed by atoms with Gasteiger partial charge >= 0.3 is 0 Å². The molecule has 1 aromatic rings. The van der Waals surface area contributed by atoms with E-state index in [1.54, 1.807) is 0 Å². The van der Waals surface area contributed by atoms with Crippen molar-refractivity contribution < 1.29 is 13.9 Å². The van der Waals surface area contributed by atoms with Crippen molar-refractivity contribution in [3.63, 3.8) is 0 Å². The molecule has 1 aromatic heterocycles. The van der Waals surface area contributed by atoms with E-state index in [1.165, 1.54) is 0 Å². The number of rotatable bonds is 7. The van der Waals surface area contributed by atoms with Gasteiger partial charge in [-0.1, -0.05) is 13.8 Å². The molecule has 0 aromatic carbocycles. The molecule has 0 radical (unpaired) electrons. The van der Waals surface area contributed by atoms with Gasteiger partial charge in [0.15, 0.2) is 0 Å². The zero-order chi connectivity index (χ0) is 12.8. The van der Waals surface area contributed by atoms with Gasteiger partial charge in [0.05, 0.1) is 19.8 Å². The van der Waals surface area contributed by atoms with Crippen LogP contribution in [0.1, 0.15) is 31.8 Å². The highest BCUT2D eigenvalue weighted by molar-refractivity contribution is 5.06. The quantitative estimate of drug-likeness (QED) is 0.810. The minimum Gasteiger partial charge on any atom is -0.462 e. The molecule has 1 aliphatic heterocycles. The highest BCUT2D eigenvalue weighted by Crippen LogP contribution is 2.14. The highest BCUT2D eigenvalue weighted by atomic mass is 16.5. The molecular weight excluding hydrogens is 230 g/mol. The van der Waals surface area contributed by atoms with Gasteiger partial charge in [0.1, 0.15) is 18.1 Å². The van der Waals surface area contributed by atoms with Crippen LogP contribution in [-0.4, -0.2) is 25.9 Å². The Kier molecular flexibility index (Phi) is 5.23. The number of ether oxygens (including phenoxy) is 2. The van der Waals surface area contributed by atoms with E-state index in [0.717, 1.165) is 44.3 Å². The smallest absolute Gasteiger partial charge is 0.129 e. The topological polar surface area (TPSA) is 43.6 Å². The number of hydrogen-bond donors (Lipinski definition) is 1. The van der Waals surface area contributed by atoms with Crippen LogP contribution in [0.3, 0.4) is 0 Å². The van der Waals surface area contributed by atoms with Gasteiger partial charge in [0.25, 0.3) is 0 Å². The second-order valence-electron chi connectivity index (χ2n) is 5.15. The third-order valence-electron chi connectivity index (χ3n) is 3.02. The van der Waals surface area contributed by atoms with Crippen molar-refractivity contribution in [1.29, 1.82) is 0 Å². The fourth-order valence-electron chi connectivity index (χ4n) is 1.94. The molecule has 1 unspecified atom stereocenters. The van der Waals surface area contributed by atoms with Gasteiger partial charge in [0.2, 0.25) is 0 Å². The minimum atomic E-state index is 0.470. The molecule has 1 fully saturated rings. The van der Waals surface area contributed by atoms with Crippen LogP contribution >= 0.6 is 0 Å². The molecule has 1 aliphatic rings. The van der Waals surface area contributed by atoms with Crippen molar-refractivity contribution in [3.8, 4) is 0 Å². The highest BCUT2D eigenvalue weighted by Gasteiger charge is 2.15. The molecule has 0 aliphatic carbocycles. The van der Waals surface area contributed by atoms with Crippen molar-refractivity contribution in [1.82, 2.24) is 5.32 Å². The van der Waals surface area contributed by atoms with Crippen molar-refractivity contribution >= 4 is 0 Å². The van der Waals surface area contributed by atoms with Crippen molar-refractivity contribution in [2.45, 2.75) is 39.5 Å². The first-order valence-corrected chi connectivity index (χ1v) is 6.70. The number of hydrogen-bond acceptors (Lipinski definition) is 4. The first-order valence-electron chi connectivity index (χ1n) is 6.70. The average molecular weight is 253 g/mol. The van der Waals surface area contributed by atoms with Gasteiger partial charge in [-0.05, 0) is 18.6 Å². The average Bonchev–Trinajstić information content (AvgIpc) is 2.97. The maximum Gasteiger partial charge on any atom is 0.129 e. The maximum atomic E-state index is 5.68. The Balaban J connectivity index is 1.66. The third kappa shape index (κ3) is 4.44. The van der Waals surface area contributed by atoms with E-state index in [4.69, 9.17) is 13.9 Å². The van der Waals surface area contributed by atoms with Crippen LogP contribution in [0.4, 0.5) is 0 Å². The second kappa shape index (κ2) is 6.92. The summed E-state index contributed by atoms with van der Waals surface area (Å²) in [6.07, 6.45) is 1.11. The molecule has 0 spiro atoms. The zero-order valence-corrected chi connectivity index (χ0v) is 11.3. The summed E-state index contributed by atoms with van der Waals surface area (Å²) in [6, 6.07) is 4.46. The van der Waals surface area contributed by atoms with Gasteiger partial charge in [-0.3, -0.25) is 0 Å². The minimum absolute atomic E-state index is 0.470. The van der Waals surface area contributed by atoms with Crippen LogP contribution in [0.2, 0.25) is 0 Å². The first kappa shape index (κ1) is 13.6. The molecule has 4 heteroatoms. The maximum absolute atomic E-state index is 5.68. The van der Waals surface area contributed by atoms with Crippen LogP contribution in [0.25, 0.3) is 0 Å². The molecule has 102 valence electrons. The Hall–Kier alpha value is -0.840. The Labute approximate surface area is 109 Å². The van der Waals surface area contributed by atoms with Crippen LogP contribution in [0.5, 0.6) is 0 Å². The summed E-state index contributed by atoms with van der Waals surface area (Å²) in [6.45, 7) is 8.04. The molecule has 0 bridgehead atoms. The normalized spacial score (nSPS) is 19.8. The molecule has 1 N–H and O–H groups in total. The predicted octanol–water partition coefficient (Wildman–Crippen LogP) is 2.33. The Morgan fingerprint density at radius 2 is 2.22 bits per heavy atom. The molecule has 1 atom stereocenters. The van der Waals surface area contributed by atoms with Gasteiger partial charge in [0, 0.05) is 18.6 Å². The molecule has 0 saturated carbocycles. The summed E-state index contributed by atoms with van der Waals surface area (Å²) in [5.74, 6) is 2.42. The van der Waals surface area contributed by atoms with E-state index in [9.17, 15) is 0 Å². The first-order chi connectivity index (χ1) is 8.74. The van der Waals surface area contributed by atoms with Gasteiger partial charge in [-0.2, -0.15) is 0 Å². The van der Waals surface area contributed by atoms with Gasteiger partial charge < -0.3 is 19.2 Å².